The smallest absolute Gasteiger partial charge is 0.142 e. The van der Waals surface area contributed by atoms with E-state index in [2.05, 4.69) is 0 Å². The molecule has 0 saturated carbocycles. The zero-order valence-electron chi connectivity index (χ0n) is 5.24. The topological polar surface area (TPSA) is 23.8 Å². The van der Waals surface area contributed by atoms with E-state index in [1.54, 1.807) is 6.07 Å². The Morgan fingerprint density at radius 1 is 1.55 bits per heavy atom. The van der Waals surface area contributed by atoms with Gasteiger partial charge in [0.05, 0.1) is 10.6 Å². The highest BCUT2D eigenvalue weighted by atomic mass is 127. The molecule has 0 amide bonds. The molecule has 11 heavy (non-hydrogen) atoms. The lowest BCUT2D eigenvalue weighted by atomic mass is 10.2. The number of hydrogen-bond acceptors (Lipinski definition) is 1. The van der Waals surface area contributed by atoms with E-state index in [0.717, 1.165) is 6.07 Å². The standard InChI is InChI=1S/C7H2ClFIN/c8-5-2-6(9)4(3-11)1-7(5)10/h1-2H. The molecule has 0 atom stereocenters. The number of nitrogens with zero attached hydrogens (tertiary/aromatic N) is 1. The summed E-state index contributed by atoms with van der Waals surface area (Å²) in [4.78, 5) is 0. The second-order valence-corrected chi connectivity index (χ2v) is 3.43. The van der Waals surface area contributed by atoms with Gasteiger partial charge in [-0.25, -0.2) is 4.39 Å². The van der Waals surface area contributed by atoms with Crippen LogP contribution >= 0.6 is 34.2 Å². The van der Waals surface area contributed by atoms with Gasteiger partial charge in [0.25, 0.3) is 0 Å². The molecule has 0 saturated heterocycles. The van der Waals surface area contributed by atoms with Crippen LogP contribution in [0.5, 0.6) is 0 Å². The number of nitriles is 1. The summed E-state index contributed by atoms with van der Waals surface area (Å²) in [5.41, 5.74) is 0.0267. The van der Waals surface area contributed by atoms with Crippen LogP contribution in [0, 0.1) is 20.7 Å². The van der Waals surface area contributed by atoms with Crippen molar-refractivity contribution in [1.82, 2.24) is 0 Å². The van der Waals surface area contributed by atoms with Gasteiger partial charge in [0.1, 0.15) is 11.9 Å². The Labute approximate surface area is 81.9 Å². The summed E-state index contributed by atoms with van der Waals surface area (Å²) in [6, 6.07) is 4.28. The van der Waals surface area contributed by atoms with Gasteiger partial charge >= 0.3 is 0 Å². The van der Waals surface area contributed by atoms with Crippen molar-refractivity contribution in [3.63, 3.8) is 0 Å². The summed E-state index contributed by atoms with van der Waals surface area (Å²) < 4.78 is 13.4. The van der Waals surface area contributed by atoms with Crippen molar-refractivity contribution in [2.24, 2.45) is 0 Å². The van der Waals surface area contributed by atoms with Crippen LogP contribution in [0.25, 0.3) is 0 Å². The summed E-state index contributed by atoms with van der Waals surface area (Å²) >= 11 is 7.53. The lowest BCUT2D eigenvalue weighted by Crippen LogP contribution is -1.85. The number of hydrogen-bond donors (Lipinski definition) is 0. The second kappa shape index (κ2) is 3.37. The van der Waals surface area contributed by atoms with Crippen molar-refractivity contribution < 1.29 is 4.39 Å². The maximum Gasteiger partial charge on any atom is 0.142 e. The third-order valence-electron chi connectivity index (χ3n) is 1.13. The fourth-order valence-corrected chi connectivity index (χ4v) is 1.23. The molecule has 0 aromatic heterocycles. The average Bonchev–Trinajstić information content (AvgIpc) is 1.97. The van der Waals surface area contributed by atoms with Crippen molar-refractivity contribution >= 4 is 34.2 Å². The number of halogens is 3. The predicted octanol–water partition coefficient (Wildman–Crippen LogP) is 2.96. The third kappa shape index (κ3) is 1.82. The van der Waals surface area contributed by atoms with E-state index in [1.807, 2.05) is 22.6 Å². The van der Waals surface area contributed by atoms with E-state index in [9.17, 15) is 4.39 Å². The van der Waals surface area contributed by atoms with E-state index in [1.165, 1.54) is 6.07 Å². The minimum atomic E-state index is -0.571. The van der Waals surface area contributed by atoms with Crippen LogP contribution < -0.4 is 0 Å². The van der Waals surface area contributed by atoms with Crippen molar-refractivity contribution in [3.05, 3.63) is 32.1 Å². The Morgan fingerprint density at radius 2 is 2.18 bits per heavy atom. The van der Waals surface area contributed by atoms with Gasteiger partial charge in [-0.2, -0.15) is 5.26 Å². The van der Waals surface area contributed by atoms with E-state index < -0.39 is 5.82 Å². The molecule has 0 heterocycles. The summed E-state index contributed by atoms with van der Waals surface area (Å²) in [7, 11) is 0. The van der Waals surface area contributed by atoms with Gasteiger partial charge in [0, 0.05) is 3.57 Å². The van der Waals surface area contributed by atoms with Crippen LogP contribution in [-0.4, -0.2) is 0 Å². The molecule has 0 unspecified atom stereocenters. The molecule has 1 nitrogen and oxygen atoms in total. The molecule has 0 spiro atoms. The Bertz CT molecular complexity index is 332. The Kier molecular flexibility index (Phi) is 2.68. The van der Waals surface area contributed by atoms with Crippen LogP contribution in [-0.2, 0) is 0 Å². The zero-order chi connectivity index (χ0) is 8.43. The van der Waals surface area contributed by atoms with Crippen LogP contribution in [0.3, 0.4) is 0 Å². The lowest BCUT2D eigenvalue weighted by molar-refractivity contribution is 0.623. The molecule has 0 aliphatic rings. The van der Waals surface area contributed by atoms with E-state index in [-0.39, 0.29) is 5.56 Å². The highest BCUT2D eigenvalue weighted by Gasteiger charge is 2.04. The molecule has 0 bridgehead atoms. The first kappa shape index (κ1) is 8.75. The van der Waals surface area contributed by atoms with E-state index >= 15 is 0 Å². The minimum Gasteiger partial charge on any atom is -0.205 e. The maximum absolute atomic E-state index is 12.7. The summed E-state index contributed by atoms with van der Waals surface area (Å²) in [6.07, 6.45) is 0. The second-order valence-electron chi connectivity index (χ2n) is 1.86. The van der Waals surface area contributed by atoms with Gasteiger partial charge in [-0.1, -0.05) is 11.6 Å². The number of benzene rings is 1. The van der Waals surface area contributed by atoms with Crippen molar-refractivity contribution in [2.45, 2.75) is 0 Å². The van der Waals surface area contributed by atoms with Gasteiger partial charge in [-0.3, -0.25) is 0 Å². The molecule has 1 aromatic carbocycles. The Balaban J connectivity index is 3.35. The first-order chi connectivity index (χ1) is 5.15. The van der Waals surface area contributed by atoms with Crippen LogP contribution in [0.15, 0.2) is 12.1 Å². The molecule has 56 valence electrons. The first-order valence-electron chi connectivity index (χ1n) is 2.70. The largest absolute Gasteiger partial charge is 0.205 e. The number of rotatable bonds is 0. The van der Waals surface area contributed by atoms with Gasteiger partial charge in [-0.05, 0) is 34.7 Å². The Morgan fingerprint density at radius 3 is 2.73 bits per heavy atom. The van der Waals surface area contributed by atoms with Gasteiger partial charge < -0.3 is 0 Å². The molecule has 1 aromatic rings. The molecular formula is C7H2ClFIN. The van der Waals surface area contributed by atoms with Gasteiger partial charge in [0.2, 0.25) is 0 Å². The highest BCUT2D eigenvalue weighted by Crippen LogP contribution is 2.21. The van der Waals surface area contributed by atoms with Crippen molar-refractivity contribution in [3.8, 4) is 6.07 Å². The predicted molar refractivity (Wildman–Crippen MR) is 48.8 cm³/mol. The molecule has 0 aliphatic carbocycles. The van der Waals surface area contributed by atoms with Crippen LogP contribution in [0.4, 0.5) is 4.39 Å². The third-order valence-corrected chi connectivity index (χ3v) is 2.65. The molecule has 0 N–H and O–H groups in total. The molecule has 0 aliphatic heterocycles. The summed E-state index contributed by atoms with van der Waals surface area (Å²) in [6.45, 7) is 0. The fourth-order valence-electron chi connectivity index (χ4n) is 0.608. The van der Waals surface area contributed by atoms with E-state index in [0.29, 0.717) is 8.59 Å². The SMILES string of the molecule is N#Cc1cc(I)c(Cl)cc1F. The van der Waals surface area contributed by atoms with E-state index in [4.69, 9.17) is 16.9 Å². The van der Waals surface area contributed by atoms with Crippen LogP contribution in [0.1, 0.15) is 5.56 Å². The quantitative estimate of drug-likeness (QED) is 0.530. The maximum atomic E-state index is 12.7. The molecule has 1 rings (SSSR count). The monoisotopic (exact) mass is 281 g/mol. The Hall–Kier alpha value is -0.340. The minimum absolute atomic E-state index is 0.0267. The fraction of sp³-hybridized carbons (Fsp3) is 0. The molecular weight excluding hydrogens is 279 g/mol. The normalized spacial score (nSPS) is 9.27. The zero-order valence-corrected chi connectivity index (χ0v) is 8.15. The van der Waals surface area contributed by atoms with Crippen molar-refractivity contribution in [1.29, 1.82) is 5.26 Å². The summed E-state index contributed by atoms with van der Waals surface area (Å²) in [5.74, 6) is -0.571. The highest BCUT2D eigenvalue weighted by molar-refractivity contribution is 14.1. The van der Waals surface area contributed by atoms with Crippen LogP contribution in [0.2, 0.25) is 5.02 Å². The van der Waals surface area contributed by atoms with Gasteiger partial charge in [0.15, 0.2) is 0 Å². The first-order valence-corrected chi connectivity index (χ1v) is 4.15. The van der Waals surface area contributed by atoms with Crippen molar-refractivity contribution in [2.75, 3.05) is 0 Å². The molecule has 4 heteroatoms. The summed E-state index contributed by atoms with van der Waals surface area (Å²) in [5, 5.41) is 8.73. The molecule has 0 radical (unpaired) electrons. The average molecular weight is 281 g/mol. The molecule has 0 fully saturated rings. The van der Waals surface area contributed by atoms with Gasteiger partial charge in [-0.15, -0.1) is 0 Å². The lowest BCUT2D eigenvalue weighted by Gasteiger charge is -1.96.